The van der Waals surface area contributed by atoms with Crippen LogP contribution in [0.4, 0.5) is 0 Å². The molecule has 1 atom stereocenters. The first-order valence-corrected chi connectivity index (χ1v) is 10.8. The highest BCUT2D eigenvalue weighted by atomic mass is 35.5. The zero-order valence-corrected chi connectivity index (χ0v) is 18.1. The molecule has 0 spiro atoms. The van der Waals surface area contributed by atoms with Gasteiger partial charge in [-0.05, 0) is 48.0 Å². The lowest BCUT2D eigenvalue weighted by Gasteiger charge is -2.34. The summed E-state index contributed by atoms with van der Waals surface area (Å²) in [6, 6.07) is 11.3. The van der Waals surface area contributed by atoms with Crippen molar-refractivity contribution in [2.75, 3.05) is 0 Å². The van der Waals surface area contributed by atoms with Crippen molar-refractivity contribution in [3.05, 3.63) is 91.4 Å². The molecule has 0 aliphatic heterocycles. The number of rotatable bonds is 4. The first-order valence-electron chi connectivity index (χ1n) is 7.89. The summed E-state index contributed by atoms with van der Waals surface area (Å²) in [5.74, 6) is -0.883. The maximum absolute atomic E-state index is 13.0. The Kier molecular flexibility index (Phi) is 5.98. The second-order valence-corrected chi connectivity index (χ2v) is 9.33. The summed E-state index contributed by atoms with van der Waals surface area (Å²) in [7, 11) is -5.11. The maximum Gasteiger partial charge on any atom is 0.283 e. The van der Waals surface area contributed by atoms with Crippen molar-refractivity contribution in [1.82, 2.24) is 0 Å². The van der Waals surface area contributed by atoms with E-state index in [9.17, 15) is 23.2 Å². The Morgan fingerprint density at radius 2 is 1.41 bits per heavy atom. The van der Waals surface area contributed by atoms with E-state index in [4.69, 9.17) is 46.4 Å². The topological polar surface area (TPSA) is 94.8 Å². The van der Waals surface area contributed by atoms with Gasteiger partial charge in [0.2, 0.25) is 0 Å². The van der Waals surface area contributed by atoms with E-state index in [1.54, 1.807) is 0 Å². The van der Waals surface area contributed by atoms with Gasteiger partial charge in [0.05, 0.1) is 10.0 Å². The smallest absolute Gasteiger partial charge is 0.283 e. The molecule has 0 fully saturated rings. The summed E-state index contributed by atoms with van der Waals surface area (Å²) in [5, 5.41) is 20.5. The van der Waals surface area contributed by atoms with Crippen LogP contribution in [0.2, 0.25) is 20.1 Å². The molecule has 0 bridgehead atoms. The average Bonchev–Trinajstić information content (AvgIpc) is 2.61. The first kappa shape index (κ1) is 22.0. The Bertz CT molecular complexity index is 1210. The van der Waals surface area contributed by atoms with Crippen LogP contribution in [0.3, 0.4) is 0 Å². The maximum atomic E-state index is 13.0. The summed E-state index contributed by atoms with van der Waals surface area (Å²) in [4.78, 5) is 0. The van der Waals surface area contributed by atoms with Crippen molar-refractivity contribution in [3.8, 4) is 11.5 Å². The Morgan fingerprint density at radius 3 is 2.03 bits per heavy atom. The van der Waals surface area contributed by atoms with E-state index in [1.807, 2.05) is 0 Å². The highest BCUT2D eigenvalue weighted by Gasteiger charge is 2.51. The van der Waals surface area contributed by atoms with Crippen molar-refractivity contribution in [3.63, 3.8) is 0 Å². The minimum atomic E-state index is -5.11. The number of halogens is 4. The SMILES string of the molecule is O=S(=O)(O)C(c1cccc(Cl)c1)(c1cc(O)ccc1O)c1cc(Cl)c(Cl)cc1Cl. The van der Waals surface area contributed by atoms with Crippen molar-refractivity contribution < 1.29 is 23.2 Å². The molecule has 0 saturated carbocycles. The molecule has 1 unspecified atom stereocenters. The molecule has 0 radical (unpaired) electrons. The number of aromatic hydroxyl groups is 2. The van der Waals surface area contributed by atoms with Gasteiger partial charge >= 0.3 is 0 Å². The second kappa shape index (κ2) is 7.87. The van der Waals surface area contributed by atoms with Gasteiger partial charge in [-0.25, -0.2) is 0 Å². The highest BCUT2D eigenvalue weighted by Crippen LogP contribution is 2.51. The van der Waals surface area contributed by atoms with E-state index >= 15 is 0 Å². The van der Waals surface area contributed by atoms with Gasteiger partial charge < -0.3 is 10.2 Å². The molecule has 3 aromatic carbocycles. The van der Waals surface area contributed by atoms with Gasteiger partial charge in [-0.15, -0.1) is 0 Å². The highest BCUT2D eigenvalue weighted by molar-refractivity contribution is 7.87. The monoisotopic (exact) mass is 492 g/mol. The lowest BCUT2D eigenvalue weighted by Crippen LogP contribution is -2.38. The molecule has 0 saturated heterocycles. The normalized spacial score (nSPS) is 13.8. The number of benzene rings is 3. The van der Waals surface area contributed by atoms with E-state index in [0.29, 0.717) is 0 Å². The molecule has 3 rings (SSSR count). The van der Waals surface area contributed by atoms with Crippen LogP contribution >= 0.6 is 46.4 Å². The van der Waals surface area contributed by atoms with Crippen LogP contribution in [0.1, 0.15) is 16.7 Å². The van der Waals surface area contributed by atoms with E-state index in [1.165, 1.54) is 36.4 Å². The molecular formula is C19H12Cl4O5S. The second-order valence-electron chi connectivity index (χ2n) is 6.11. The van der Waals surface area contributed by atoms with Gasteiger partial charge in [-0.1, -0.05) is 58.5 Å². The van der Waals surface area contributed by atoms with E-state index in [2.05, 4.69) is 0 Å². The van der Waals surface area contributed by atoms with Gasteiger partial charge in [0.25, 0.3) is 10.1 Å². The summed E-state index contributed by atoms with van der Waals surface area (Å²) in [6.45, 7) is 0. The fourth-order valence-corrected chi connectivity index (χ4v) is 5.44. The van der Waals surface area contributed by atoms with Crippen LogP contribution in [0.25, 0.3) is 0 Å². The molecule has 0 heterocycles. The number of phenolic OH excluding ortho intramolecular Hbond substituents is 2. The number of hydrogen-bond acceptors (Lipinski definition) is 4. The van der Waals surface area contributed by atoms with Crippen LogP contribution in [-0.2, 0) is 14.9 Å². The quantitative estimate of drug-likeness (QED) is 0.182. The van der Waals surface area contributed by atoms with Crippen molar-refractivity contribution >= 4 is 56.5 Å². The molecule has 0 aliphatic rings. The van der Waals surface area contributed by atoms with E-state index in [0.717, 1.165) is 18.2 Å². The third-order valence-corrected chi connectivity index (χ3v) is 7.09. The van der Waals surface area contributed by atoms with Crippen molar-refractivity contribution in [2.24, 2.45) is 0 Å². The predicted molar refractivity (Wildman–Crippen MR) is 114 cm³/mol. The molecule has 0 amide bonds. The lowest BCUT2D eigenvalue weighted by molar-refractivity contribution is 0.434. The standard InChI is InChI=1S/C19H12Cl4O5S/c20-11-3-1-2-10(6-11)19(29(26,27)28,14-7-12(24)4-5-18(14)25)13-8-16(22)17(23)9-15(13)21/h1-9,24-25H,(H,26,27,28). The van der Waals surface area contributed by atoms with Crippen LogP contribution < -0.4 is 0 Å². The van der Waals surface area contributed by atoms with Crippen molar-refractivity contribution in [2.45, 2.75) is 4.75 Å². The van der Waals surface area contributed by atoms with Crippen molar-refractivity contribution in [1.29, 1.82) is 0 Å². The molecule has 0 aromatic heterocycles. The zero-order chi connectivity index (χ0) is 21.6. The van der Waals surface area contributed by atoms with Gasteiger partial charge in [0.1, 0.15) is 11.5 Å². The first-order chi connectivity index (χ1) is 13.5. The summed E-state index contributed by atoms with van der Waals surface area (Å²) in [5.41, 5.74) is -0.601. The van der Waals surface area contributed by atoms with Crippen LogP contribution in [0, 0.1) is 0 Å². The Labute approximate surface area is 186 Å². The molecule has 5 nitrogen and oxygen atoms in total. The Balaban J connectivity index is 2.63. The Morgan fingerprint density at radius 1 is 0.759 bits per heavy atom. The Hall–Kier alpha value is -1.67. The molecular weight excluding hydrogens is 482 g/mol. The fraction of sp³-hybridized carbons (Fsp3) is 0.0526. The molecule has 3 N–H and O–H groups in total. The molecule has 0 aliphatic carbocycles. The summed E-state index contributed by atoms with van der Waals surface area (Å²) < 4.78 is 33.9. The minimum absolute atomic E-state index is 0.0410. The largest absolute Gasteiger partial charge is 0.508 e. The summed E-state index contributed by atoms with van der Waals surface area (Å²) >= 11 is 24.5. The fourth-order valence-electron chi connectivity index (χ4n) is 3.19. The zero-order valence-electron chi connectivity index (χ0n) is 14.3. The number of phenols is 2. The lowest BCUT2D eigenvalue weighted by atomic mass is 9.83. The molecule has 29 heavy (non-hydrogen) atoms. The van der Waals surface area contributed by atoms with Gasteiger partial charge in [-0.3, -0.25) is 4.55 Å². The average molecular weight is 494 g/mol. The van der Waals surface area contributed by atoms with E-state index < -0.39 is 20.6 Å². The predicted octanol–water partition coefficient (Wildman–Crippen LogP) is 5.89. The third kappa shape index (κ3) is 3.77. The van der Waals surface area contributed by atoms with Gasteiger partial charge in [0.15, 0.2) is 4.75 Å². The number of hydrogen-bond donors (Lipinski definition) is 3. The molecule has 152 valence electrons. The van der Waals surface area contributed by atoms with Crippen LogP contribution in [0.15, 0.2) is 54.6 Å². The van der Waals surface area contributed by atoms with Gasteiger partial charge in [0, 0.05) is 21.2 Å². The van der Waals surface area contributed by atoms with Crippen LogP contribution in [0.5, 0.6) is 11.5 Å². The summed E-state index contributed by atoms with van der Waals surface area (Å²) in [6.07, 6.45) is 0. The third-order valence-electron chi connectivity index (χ3n) is 4.37. The van der Waals surface area contributed by atoms with Crippen LogP contribution in [-0.4, -0.2) is 23.2 Å². The van der Waals surface area contributed by atoms with Gasteiger partial charge in [-0.2, -0.15) is 8.42 Å². The molecule has 3 aromatic rings. The minimum Gasteiger partial charge on any atom is -0.508 e. The van der Waals surface area contributed by atoms with E-state index in [-0.39, 0.29) is 42.5 Å². The molecule has 10 heteroatoms.